The van der Waals surface area contributed by atoms with Crippen LogP contribution in [0.25, 0.3) is 0 Å². The highest BCUT2D eigenvalue weighted by Crippen LogP contribution is 2.28. The zero-order valence-corrected chi connectivity index (χ0v) is 14.6. The minimum absolute atomic E-state index is 0.254. The Hall–Kier alpha value is -2.43. The minimum Gasteiger partial charge on any atom is -0.352 e. The van der Waals surface area contributed by atoms with Crippen molar-refractivity contribution in [1.29, 1.82) is 5.26 Å². The van der Waals surface area contributed by atoms with Gasteiger partial charge in [-0.25, -0.2) is 4.98 Å². The number of carbonyl (C=O) groups excluding carboxylic acids is 1. The van der Waals surface area contributed by atoms with Gasteiger partial charge in [0.1, 0.15) is 11.2 Å². The van der Waals surface area contributed by atoms with Crippen LogP contribution in [-0.2, 0) is 17.8 Å². The van der Waals surface area contributed by atoms with Gasteiger partial charge in [0, 0.05) is 24.5 Å². The van der Waals surface area contributed by atoms with Crippen LogP contribution in [0.3, 0.4) is 0 Å². The Labute approximate surface area is 150 Å². The molecule has 0 aliphatic carbocycles. The molecule has 4 heterocycles. The molecule has 7 heteroatoms. The van der Waals surface area contributed by atoms with Gasteiger partial charge in [-0.3, -0.25) is 4.79 Å². The smallest absolute Gasteiger partial charge is 0.246 e. The molecular weight excluding hydrogens is 334 g/mol. The molecule has 2 aromatic heterocycles. The van der Waals surface area contributed by atoms with Gasteiger partial charge >= 0.3 is 0 Å². The van der Waals surface area contributed by atoms with E-state index in [9.17, 15) is 10.1 Å². The number of rotatable bonds is 3. The first kappa shape index (κ1) is 16.1. The summed E-state index contributed by atoms with van der Waals surface area (Å²) in [5.41, 5.74) is 1.03. The van der Waals surface area contributed by atoms with Crippen LogP contribution < -0.4 is 15.5 Å². The molecule has 2 aliphatic rings. The van der Waals surface area contributed by atoms with E-state index >= 15 is 0 Å². The molecule has 0 spiro atoms. The summed E-state index contributed by atoms with van der Waals surface area (Å²) < 4.78 is 0. The van der Waals surface area contributed by atoms with Crippen molar-refractivity contribution in [2.45, 2.75) is 19.4 Å². The third kappa shape index (κ3) is 2.99. The summed E-state index contributed by atoms with van der Waals surface area (Å²) in [6.07, 6.45) is 3.26. The maximum atomic E-state index is 12.5. The zero-order chi connectivity index (χ0) is 17.3. The first-order chi connectivity index (χ1) is 12.2. The lowest BCUT2D eigenvalue weighted by atomic mass is 9.88. The van der Waals surface area contributed by atoms with E-state index < -0.39 is 5.41 Å². The number of nitrogens with zero attached hydrogens (tertiary/aromatic N) is 3. The van der Waals surface area contributed by atoms with E-state index in [0.717, 1.165) is 25.3 Å². The van der Waals surface area contributed by atoms with Gasteiger partial charge < -0.3 is 15.5 Å². The summed E-state index contributed by atoms with van der Waals surface area (Å²) >= 11 is 1.82. The fraction of sp³-hybridized carbons (Fsp3) is 0.389. The predicted octanol–water partition coefficient (Wildman–Crippen LogP) is 2.15. The average molecular weight is 353 g/mol. The second-order valence-electron chi connectivity index (χ2n) is 6.52. The second kappa shape index (κ2) is 6.47. The molecule has 1 amide bonds. The number of hydrogen-bond acceptors (Lipinski definition) is 6. The molecule has 6 nitrogen and oxygen atoms in total. The number of pyridine rings is 1. The van der Waals surface area contributed by atoms with E-state index in [1.54, 1.807) is 6.20 Å². The van der Waals surface area contributed by atoms with Crippen LogP contribution >= 0.6 is 11.3 Å². The second-order valence-corrected chi connectivity index (χ2v) is 7.52. The van der Waals surface area contributed by atoms with Crippen LogP contribution in [0.5, 0.6) is 0 Å². The molecule has 4 rings (SSSR count). The standard InChI is InChI=1S/C18H19N5OS/c19-11-18(5-6-20-12-18)17(24)22-14-1-2-16(21-9-14)23-7-3-15-13(10-23)4-8-25-15/h1-2,4,8-9,20H,3,5-7,10,12H2,(H,22,24). The van der Waals surface area contributed by atoms with Gasteiger partial charge in [-0.15, -0.1) is 11.3 Å². The SMILES string of the molecule is N#CC1(C(=O)Nc2ccc(N3CCc4sccc4C3)nc2)CCNC1. The molecule has 2 N–H and O–H groups in total. The fourth-order valence-corrected chi connectivity index (χ4v) is 4.26. The molecule has 0 radical (unpaired) electrons. The Morgan fingerprint density at radius 3 is 3.08 bits per heavy atom. The summed E-state index contributed by atoms with van der Waals surface area (Å²) in [5, 5.41) is 17.4. The molecule has 0 saturated carbocycles. The zero-order valence-electron chi connectivity index (χ0n) is 13.8. The van der Waals surface area contributed by atoms with Gasteiger partial charge in [0.25, 0.3) is 0 Å². The lowest BCUT2D eigenvalue weighted by molar-refractivity contribution is -0.122. The molecule has 128 valence electrons. The number of fused-ring (bicyclic) bond motifs is 1. The molecule has 1 atom stereocenters. The number of amides is 1. The molecule has 2 aliphatic heterocycles. The van der Waals surface area contributed by atoms with Crippen LogP contribution in [0, 0.1) is 16.7 Å². The van der Waals surface area contributed by atoms with Crippen molar-refractivity contribution in [3.05, 3.63) is 40.2 Å². The van der Waals surface area contributed by atoms with Crippen molar-refractivity contribution < 1.29 is 4.79 Å². The minimum atomic E-state index is -0.971. The summed E-state index contributed by atoms with van der Waals surface area (Å²) in [6, 6.07) is 8.13. The van der Waals surface area contributed by atoms with E-state index in [4.69, 9.17) is 0 Å². The van der Waals surface area contributed by atoms with Gasteiger partial charge in [0.15, 0.2) is 0 Å². The van der Waals surface area contributed by atoms with Crippen molar-refractivity contribution >= 4 is 28.7 Å². The molecule has 25 heavy (non-hydrogen) atoms. The van der Waals surface area contributed by atoms with Gasteiger partial charge in [-0.2, -0.15) is 5.26 Å². The van der Waals surface area contributed by atoms with E-state index in [1.807, 2.05) is 23.5 Å². The monoisotopic (exact) mass is 353 g/mol. The Morgan fingerprint density at radius 1 is 1.44 bits per heavy atom. The molecule has 1 saturated heterocycles. The summed E-state index contributed by atoms with van der Waals surface area (Å²) in [7, 11) is 0. The van der Waals surface area contributed by atoms with E-state index in [2.05, 4.69) is 38.0 Å². The van der Waals surface area contributed by atoms with Crippen LogP contribution in [0.1, 0.15) is 16.9 Å². The van der Waals surface area contributed by atoms with Crippen LogP contribution in [0.2, 0.25) is 0 Å². The highest BCUT2D eigenvalue weighted by atomic mass is 32.1. The average Bonchev–Trinajstić information content (AvgIpc) is 3.31. The maximum absolute atomic E-state index is 12.5. The predicted molar refractivity (Wildman–Crippen MR) is 97.5 cm³/mol. The first-order valence-corrected chi connectivity index (χ1v) is 9.28. The van der Waals surface area contributed by atoms with Crippen molar-refractivity contribution in [1.82, 2.24) is 10.3 Å². The lowest BCUT2D eigenvalue weighted by Crippen LogP contribution is -2.36. The molecule has 2 aromatic rings. The number of nitrogens with one attached hydrogen (secondary N) is 2. The van der Waals surface area contributed by atoms with E-state index in [0.29, 0.717) is 25.2 Å². The highest BCUT2D eigenvalue weighted by Gasteiger charge is 2.41. The van der Waals surface area contributed by atoms with Crippen LogP contribution in [0.4, 0.5) is 11.5 Å². The van der Waals surface area contributed by atoms with E-state index in [1.165, 1.54) is 10.4 Å². The molecule has 1 unspecified atom stereocenters. The highest BCUT2D eigenvalue weighted by molar-refractivity contribution is 7.10. The first-order valence-electron chi connectivity index (χ1n) is 8.40. The van der Waals surface area contributed by atoms with Gasteiger partial charge in [0.05, 0.1) is 18.0 Å². The topological polar surface area (TPSA) is 81.1 Å². The molecule has 0 aromatic carbocycles. The van der Waals surface area contributed by atoms with Gasteiger partial charge in [-0.05, 0) is 48.5 Å². The third-order valence-electron chi connectivity index (χ3n) is 4.94. The van der Waals surface area contributed by atoms with Crippen LogP contribution in [0.15, 0.2) is 29.8 Å². The van der Waals surface area contributed by atoms with E-state index in [-0.39, 0.29) is 5.91 Å². The van der Waals surface area contributed by atoms with Crippen molar-refractivity contribution in [3.8, 4) is 6.07 Å². The van der Waals surface area contributed by atoms with Crippen molar-refractivity contribution in [2.75, 3.05) is 29.9 Å². The number of thiophene rings is 1. The molecule has 0 bridgehead atoms. The summed E-state index contributed by atoms with van der Waals surface area (Å²) in [6.45, 7) is 2.92. The Kier molecular flexibility index (Phi) is 4.15. The number of carbonyl (C=O) groups is 1. The Bertz CT molecular complexity index is 817. The third-order valence-corrected chi connectivity index (χ3v) is 5.96. The normalized spacial score (nSPS) is 22.3. The van der Waals surface area contributed by atoms with Gasteiger partial charge in [-0.1, -0.05) is 0 Å². The van der Waals surface area contributed by atoms with Crippen molar-refractivity contribution in [3.63, 3.8) is 0 Å². The molecular formula is C18H19N5OS. The number of nitriles is 1. The van der Waals surface area contributed by atoms with Crippen LogP contribution in [-0.4, -0.2) is 30.5 Å². The summed E-state index contributed by atoms with van der Waals surface area (Å²) in [4.78, 5) is 20.7. The quantitative estimate of drug-likeness (QED) is 0.884. The Balaban J connectivity index is 1.44. The largest absolute Gasteiger partial charge is 0.352 e. The van der Waals surface area contributed by atoms with Gasteiger partial charge in [0.2, 0.25) is 5.91 Å². The fourth-order valence-electron chi connectivity index (χ4n) is 3.37. The number of hydrogen-bond donors (Lipinski definition) is 2. The molecule has 1 fully saturated rings. The Morgan fingerprint density at radius 2 is 2.36 bits per heavy atom. The number of anilines is 2. The van der Waals surface area contributed by atoms with Crippen molar-refractivity contribution in [2.24, 2.45) is 5.41 Å². The lowest BCUT2D eigenvalue weighted by Gasteiger charge is -2.28. The number of aromatic nitrogens is 1. The maximum Gasteiger partial charge on any atom is 0.246 e. The summed E-state index contributed by atoms with van der Waals surface area (Å²) in [5.74, 6) is 0.655.